The van der Waals surface area contributed by atoms with Crippen molar-refractivity contribution < 1.29 is 14.3 Å². The lowest BCUT2D eigenvalue weighted by Gasteiger charge is -2.11. The summed E-state index contributed by atoms with van der Waals surface area (Å²) in [6.07, 6.45) is 2.39. The maximum atomic E-state index is 12.4. The fourth-order valence-corrected chi connectivity index (χ4v) is 3.01. The Kier molecular flexibility index (Phi) is 4.06. The van der Waals surface area contributed by atoms with Crippen molar-refractivity contribution in [1.29, 1.82) is 0 Å². The summed E-state index contributed by atoms with van der Waals surface area (Å²) in [7, 11) is 0. The molecule has 3 heterocycles. The van der Waals surface area contributed by atoms with Crippen LogP contribution >= 0.6 is 11.7 Å². The van der Waals surface area contributed by atoms with Crippen molar-refractivity contribution in [1.82, 2.24) is 13.7 Å². The van der Waals surface area contributed by atoms with Gasteiger partial charge in [-0.1, -0.05) is 6.07 Å². The van der Waals surface area contributed by atoms with Gasteiger partial charge in [0.05, 0.1) is 36.2 Å². The highest BCUT2D eigenvalue weighted by atomic mass is 32.1. The second-order valence-corrected chi connectivity index (χ2v) is 5.91. The predicted octanol–water partition coefficient (Wildman–Crippen LogP) is 2.51. The molecule has 1 aromatic carbocycles. The van der Waals surface area contributed by atoms with Gasteiger partial charge in [0.2, 0.25) is 5.88 Å². The first kappa shape index (κ1) is 15.0. The van der Waals surface area contributed by atoms with Gasteiger partial charge < -0.3 is 14.8 Å². The largest absolute Gasteiger partial charge is 0.472 e. The molecule has 0 aliphatic carbocycles. The van der Waals surface area contributed by atoms with E-state index in [2.05, 4.69) is 19.0 Å². The third kappa shape index (κ3) is 3.06. The topological polar surface area (TPSA) is 86.2 Å². The Morgan fingerprint density at radius 1 is 1.29 bits per heavy atom. The number of benzene rings is 1. The lowest BCUT2D eigenvalue weighted by atomic mass is 10.2. The van der Waals surface area contributed by atoms with Crippen LogP contribution in [-0.4, -0.2) is 39.0 Å². The van der Waals surface area contributed by atoms with Crippen molar-refractivity contribution in [3.63, 3.8) is 0 Å². The molecule has 1 N–H and O–H groups in total. The first-order chi connectivity index (χ1) is 11.8. The summed E-state index contributed by atoms with van der Waals surface area (Å²) in [4.78, 5) is 16.6. The van der Waals surface area contributed by atoms with E-state index in [9.17, 15) is 4.79 Å². The summed E-state index contributed by atoms with van der Waals surface area (Å²) in [5.41, 5.74) is 2.53. The van der Waals surface area contributed by atoms with Crippen LogP contribution in [0.5, 0.6) is 5.88 Å². The molecule has 0 bridgehead atoms. The summed E-state index contributed by atoms with van der Waals surface area (Å²) in [6.45, 7) is 1.29. The Bertz CT molecular complexity index is 859. The van der Waals surface area contributed by atoms with Crippen LogP contribution in [0, 0.1) is 0 Å². The van der Waals surface area contributed by atoms with Gasteiger partial charge in [-0.15, -0.1) is 0 Å². The Hall–Kier alpha value is -2.58. The number of amides is 1. The molecule has 1 saturated heterocycles. The summed E-state index contributed by atoms with van der Waals surface area (Å²) in [5.74, 6) is 0.242. The summed E-state index contributed by atoms with van der Waals surface area (Å²) in [5, 5.41) is 2.84. The maximum Gasteiger partial charge on any atom is 0.257 e. The number of hydrogen-bond acceptors (Lipinski definition) is 7. The normalized spacial score (nSPS) is 17.1. The molecule has 1 amide bonds. The second-order valence-electron chi connectivity index (χ2n) is 5.38. The van der Waals surface area contributed by atoms with Crippen molar-refractivity contribution >= 4 is 34.4 Å². The first-order valence-corrected chi connectivity index (χ1v) is 8.26. The Morgan fingerprint density at radius 2 is 2.25 bits per heavy atom. The number of carbonyl (C=O) groups is 1. The van der Waals surface area contributed by atoms with E-state index in [-0.39, 0.29) is 12.0 Å². The van der Waals surface area contributed by atoms with Crippen LogP contribution in [0.1, 0.15) is 16.8 Å². The van der Waals surface area contributed by atoms with Crippen LogP contribution in [-0.2, 0) is 4.74 Å². The number of rotatable bonds is 4. The molecule has 24 heavy (non-hydrogen) atoms. The molecule has 4 rings (SSSR count). The van der Waals surface area contributed by atoms with E-state index in [1.54, 1.807) is 18.2 Å². The zero-order valence-corrected chi connectivity index (χ0v) is 13.5. The van der Waals surface area contributed by atoms with Crippen molar-refractivity contribution in [2.45, 2.75) is 12.5 Å². The number of carbonyl (C=O) groups excluding carboxylic acids is 1. The number of anilines is 1. The van der Waals surface area contributed by atoms with Gasteiger partial charge in [-0.3, -0.25) is 4.79 Å². The average molecular weight is 342 g/mol. The van der Waals surface area contributed by atoms with Crippen LogP contribution in [0.25, 0.3) is 11.0 Å². The fraction of sp³-hybridized carbons (Fsp3) is 0.250. The van der Waals surface area contributed by atoms with Crippen LogP contribution in [0.3, 0.4) is 0 Å². The minimum Gasteiger partial charge on any atom is -0.472 e. The highest BCUT2D eigenvalue weighted by Crippen LogP contribution is 2.22. The minimum atomic E-state index is -0.251. The highest BCUT2D eigenvalue weighted by Gasteiger charge is 2.18. The third-order valence-corrected chi connectivity index (χ3v) is 4.25. The molecule has 0 radical (unpaired) electrons. The number of aromatic nitrogens is 3. The quantitative estimate of drug-likeness (QED) is 0.784. The molecule has 1 atom stereocenters. The van der Waals surface area contributed by atoms with E-state index < -0.39 is 0 Å². The third-order valence-electron chi connectivity index (χ3n) is 3.71. The van der Waals surface area contributed by atoms with Crippen molar-refractivity contribution in [2.24, 2.45) is 0 Å². The van der Waals surface area contributed by atoms with E-state index in [0.717, 1.165) is 23.7 Å². The molecule has 2 aromatic heterocycles. The zero-order chi connectivity index (χ0) is 16.4. The molecule has 1 aliphatic heterocycles. The maximum absolute atomic E-state index is 12.4. The number of hydrogen-bond donors (Lipinski definition) is 1. The predicted molar refractivity (Wildman–Crippen MR) is 89.5 cm³/mol. The molecule has 1 aliphatic rings. The van der Waals surface area contributed by atoms with Gasteiger partial charge in [-0.2, -0.15) is 8.75 Å². The molecule has 3 aromatic rings. The molecule has 0 saturated carbocycles. The Balaban J connectivity index is 1.47. The lowest BCUT2D eigenvalue weighted by Crippen LogP contribution is -2.17. The van der Waals surface area contributed by atoms with Crippen LogP contribution in [0.15, 0.2) is 36.5 Å². The molecule has 1 unspecified atom stereocenters. The smallest absolute Gasteiger partial charge is 0.257 e. The van der Waals surface area contributed by atoms with E-state index in [1.165, 1.54) is 6.20 Å². The van der Waals surface area contributed by atoms with Gasteiger partial charge in [0.15, 0.2) is 0 Å². The van der Waals surface area contributed by atoms with Gasteiger partial charge in [0, 0.05) is 18.7 Å². The first-order valence-electron chi connectivity index (χ1n) is 7.53. The van der Waals surface area contributed by atoms with Crippen molar-refractivity contribution in [3.8, 4) is 5.88 Å². The molecule has 8 heteroatoms. The van der Waals surface area contributed by atoms with Gasteiger partial charge in [-0.25, -0.2) is 4.98 Å². The molecular weight excluding hydrogens is 328 g/mol. The monoisotopic (exact) mass is 342 g/mol. The molecular formula is C16H14N4O3S. The van der Waals surface area contributed by atoms with Crippen LogP contribution in [0.4, 0.5) is 5.69 Å². The molecule has 7 nitrogen and oxygen atoms in total. The number of ether oxygens (including phenoxy) is 2. The minimum absolute atomic E-state index is 0.0342. The van der Waals surface area contributed by atoms with Crippen LogP contribution < -0.4 is 10.1 Å². The van der Waals surface area contributed by atoms with E-state index in [0.29, 0.717) is 35.9 Å². The molecule has 0 spiro atoms. The summed E-state index contributed by atoms with van der Waals surface area (Å²) < 4.78 is 19.3. The SMILES string of the molecule is O=C(Nc1cccc2nsnc12)c1ccc(OC2CCOC2)nc1. The van der Waals surface area contributed by atoms with Crippen molar-refractivity contribution in [2.75, 3.05) is 18.5 Å². The van der Waals surface area contributed by atoms with Crippen LogP contribution in [0.2, 0.25) is 0 Å². The molecule has 122 valence electrons. The average Bonchev–Trinajstić information content (AvgIpc) is 3.27. The van der Waals surface area contributed by atoms with Gasteiger partial charge >= 0.3 is 0 Å². The number of nitrogens with zero attached hydrogens (tertiary/aromatic N) is 3. The van der Waals surface area contributed by atoms with Gasteiger partial charge in [-0.05, 0) is 18.2 Å². The highest BCUT2D eigenvalue weighted by molar-refractivity contribution is 7.00. The number of nitrogens with one attached hydrogen (secondary N) is 1. The summed E-state index contributed by atoms with van der Waals surface area (Å²) >= 11 is 1.12. The zero-order valence-electron chi connectivity index (χ0n) is 12.6. The second kappa shape index (κ2) is 6.50. The van der Waals surface area contributed by atoms with Crippen molar-refractivity contribution in [3.05, 3.63) is 42.1 Å². The Labute approximate surface area is 142 Å². The molecule has 1 fully saturated rings. The van der Waals surface area contributed by atoms with E-state index in [4.69, 9.17) is 9.47 Å². The number of fused-ring (bicyclic) bond motifs is 1. The van der Waals surface area contributed by atoms with E-state index in [1.807, 2.05) is 12.1 Å². The fourth-order valence-electron chi connectivity index (χ4n) is 2.46. The van der Waals surface area contributed by atoms with Gasteiger partial charge in [0.25, 0.3) is 5.91 Å². The van der Waals surface area contributed by atoms with Gasteiger partial charge in [0.1, 0.15) is 17.1 Å². The standard InChI is InChI=1S/C16H14N4O3S/c21-16(18-12-2-1-3-13-15(12)20-24-19-13)10-4-5-14(17-8-10)23-11-6-7-22-9-11/h1-5,8,11H,6-7,9H2,(H,18,21). The lowest BCUT2D eigenvalue weighted by molar-refractivity contribution is 0.102. The van der Waals surface area contributed by atoms with E-state index >= 15 is 0 Å². The Morgan fingerprint density at radius 3 is 3.04 bits per heavy atom. The summed E-state index contributed by atoms with van der Waals surface area (Å²) in [6, 6.07) is 8.87. The number of pyridine rings is 1.